The molecule has 1 saturated heterocycles. The second kappa shape index (κ2) is 7.27. The standard InChI is InChI=1S/C16H22F3NO/c1-2-3-15-10-14(8-9-21-15)20-11-12-4-6-13(7-5-12)16(17,18)19/h4-7,14-15,20H,2-3,8-11H2,1H3. The lowest BCUT2D eigenvalue weighted by Gasteiger charge is -2.30. The fourth-order valence-electron chi connectivity index (χ4n) is 2.66. The predicted octanol–water partition coefficient (Wildman–Crippen LogP) is 4.14. The number of halogens is 3. The first-order valence-corrected chi connectivity index (χ1v) is 7.50. The average molecular weight is 301 g/mol. The van der Waals surface area contributed by atoms with E-state index in [9.17, 15) is 13.2 Å². The summed E-state index contributed by atoms with van der Waals surface area (Å²) in [6, 6.07) is 5.75. The van der Waals surface area contributed by atoms with Crippen LogP contribution < -0.4 is 5.32 Å². The van der Waals surface area contributed by atoms with Crippen LogP contribution in [0.2, 0.25) is 0 Å². The van der Waals surface area contributed by atoms with Crippen LogP contribution in [-0.4, -0.2) is 18.8 Å². The van der Waals surface area contributed by atoms with Crippen LogP contribution in [0.15, 0.2) is 24.3 Å². The zero-order valence-corrected chi connectivity index (χ0v) is 12.2. The molecule has 1 N–H and O–H groups in total. The Hall–Kier alpha value is -1.07. The fourth-order valence-corrected chi connectivity index (χ4v) is 2.66. The van der Waals surface area contributed by atoms with Gasteiger partial charge >= 0.3 is 6.18 Å². The highest BCUT2D eigenvalue weighted by atomic mass is 19.4. The molecule has 2 atom stereocenters. The molecule has 1 aliphatic heterocycles. The van der Waals surface area contributed by atoms with Crippen molar-refractivity contribution in [1.29, 1.82) is 0 Å². The molecule has 118 valence electrons. The van der Waals surface area contributed by atoms with Crippen molar-refractivity contribution >= 4 is 0 Å². The number of rotatable bonds is 5. The van der Waals surface area contributed by atoms with Gasteiger partial charge in [0.1, 0.15) is 0 Å². The van der Waals surface area contributed by atoms with Gasteiger partial charge in [-0.3, -0.25) is 0 Å². The minimum Gasteiger partial charge on any atom is -0.378 e. The van der Waals surface area contributed by atoms with Gasteiger partial charge in [-0.05, 0) is 37.0 Å². The zero-order chi connectivity index (χ0) is 15.3. The Balaban J connectivity index is 1.82. The second-order valence-corrected chi connectivity index (χ2v) is 5.58. The number of hydrogen-bond donors (Lipinski definition) is 1. The third kappa shape index (κ3) is 5.00. The maximum atomic E-state index is 12.5. The highest BCUT2D eigenvalue weighted by Crippen LogP contribution is 2.29. The highest BCUT2D eigenvalue weighted by Gasteiger charge is 2.30. The molecule has 1 aliphatic rings. The van der Waals surface area contributed by atoms with Crippen molar-refractivity contribution in [3.05, 3.63) is 35.4 Å². The van der Waals surface area contributed by atoms with Crippen LogP contribution >= 0.6 is 0 Å². The zero-order valence-electron chi connectivity index (χ0n) is 12.2. The van der Waals surface area contributed by atoms with Crippen LogP contribution in [0.3, 0.4) is 0 Å². The Bertz CT molecular complexity index is 428. The summed E-state index contributed by atoms with van der Waals surface area (Å²) < 4.78 is 43.1. The van der Waals surface area contributed by atoms with Crippen molar-refractivity contribution < 1.29 is 17.9 Å². The van der Waals surface area contributed by atoms with Crippen molar-refractivity contribution in [1.82, 2.24) is 5.32 Å². The summed E-state index contributed by atoms with van der Waals surface area (Å²) >= 11 is 0. The molecule has 0 saturated carbocycles. The molecule has 0 spiro atoms. The summed E-state index contributed by atoms with van der Waals surface area (Å²) in [7, 11) is 0. The number of ether oxygens (including phenoxy) is 1. The molecule has 0 bridgehead atoms. The third-order valence-corrected chi connectivity index (χ3v) is 3.85. The summed E-state index contributed by atoms with van der Waals surface area (Å²) in [5.74, 6) is 0. The Labute approximate surface area is 123 Å². The molecule has 2 unspecified atom stereocenters. The SMILES string of the molecule is CCCC1CC(NCc2ccc(C(F)(F)F)cc2)CCO1. The number of nitrogens with one attached hydrogen (secondary N) is 1. The first-order valence-electron chi connectivity index (χ1n) is 7.50. The van der Waals surface area contributed by atoms with Gasteiger partial charge in [0, 0.05) is 19.2 Å². The summed E-state index contributed by atoms with van der Waals surface area (Å²) in [5, 5.41) is 3.42. The van der Waals surface area contributed by atoms with Gasteiger partial charge in [0.05, 0.1) is 11.7 Å². The molecule has 1 aromatic carbocycles. The second-order valence-electron chi connectivity index (χ2n) is 5.58. The summed E-state index contributed by atoms with van der Waals surface area (Å²) in [6.45, 7) is 3.50. The van der Waals surface area contributed by atoms with Crippen LogP contribution in [0.4, 0.5) is 13.2 Å². The van der Waals surface area contributed by atoms with E-state index < -0.39 is 11.7 Å². The Morgan fingerprint density at radius 3 is 2.57 bits per heavy atom. The summed E-state index contributed by atoms with van der Waals surface area (Å²) in [6.07, 6.45) is 0.165. The molecule has 0 amide bonds. The predicted molar refractivity (Wildman–Crippen MR) is 76.0 cm³/mol. The quantitative estimate of drug-likeness (QED) is 0.882. The van der Waals surface area contributed by atoms with E-state index in [-0.39, 0.29) is 0 Å². The van der Waals surface area contributed by atoms with E-state index in [0.29, 0.717) is 18.7 Å². The molecular weight excluding hydrogens is 279 g/mol. The molecular formula is C16H22F3NO. The maximum Gasteiger partial charge on any atom is 0.416 e. The largest absolute Gasteiger partial charge is 0.416 e. The van der Waals surface area contributed by atoms with Crippen LogP contribution in [0.25, 0.3) is 0 Å². The van der Waals surface area contributed by atoms with Crippen molar-refractivity contribution in [2.75, 3.05) is 6.61 Å². The molecule has 5 heteroatoms. The molecule has 2 nitrogen and oxygen atoms in total. The van der Waals surface area contributed by atoms with Crippen molar-refractivity contribution in [2.45, 2.75) is 57.5 Å². The van der Waals surface area contributed by atoms with Crippen molar-refractivity contribution in [2.24, 2.45) is 0 Å². The van der Waals surface area contributed by atoms with Gasteiger partial charge in [-0.2, -0.15) is 13.2 Å². The lowest BCUT2D eigenvalue weighted by atomic mass is 10.00. The van der Waals surface area contributed by atoms with Crippen LogP contribution in [0.1, 0.15) is 43.7 Å². The molecule has 21 heavy (non-hydrogen) atoms. The highest BCUT2D eigenvalue weighted by molar-refractivity contribution is 5.24. The first kappa shape index (κ1) is 16.3. The van der Waals surface area contributed by atoms with E-state index in [0.717, 1.165) is 50.0 Å². The maximum absolute atomic E-state index is 12.5. The molecule has 1 aromatic rings. The van der Waals surface area contributed by atoms with Gasteiger partial charge in [-0.25, -0.2) is 0 Å². The number of hydrogen-bond acceptors (Lipinski definition) is 2. The van der Waals surface area contributed by atoms with Gasteiger partial charge in [-0.15, -0.1) is 0 Å². The molecule has 2 rings (SSSR count). The van der Waals surface area contributed by atoms with Gasteiger partial charge in [0.25, 0.3) is 0 Å². The smallest absolute Gasteiger partial charge is 0.378 e. The number of alkyl halides is 3. The average Bonchev–Trinajstić information content (AvgIpc) is 2.45. The summed E-state index contributed by atoms with van der Waals surface area (Å²) in [5.41, 5.74) is 0.279. The molecule has 0 aliphatic carbocycles. The fraction of sp³-hybridized carbons (Fsp3) is 0.625. The van der Waals surface area contributed by atoms with E-state index in [1.54, 1.807) is 12.1 Å². The summed E-state index contributed by atoms with van der Waals surface area (Å²) in [4.78, 5) is 0. The minimum atomic E-state index is -4.26. The minimum absolute atomic E-state index is 0.314. The van der Waals surface area contributed by atoms with E-state index in [2.05, 4.69) is 12.2 Å². The topological polar surface area (TPSA) is 21.3 Å². The molecule has 0 radical (unpaired) electrons. The third-order valence-electron chi connectivity index (χ3n) is 3.85. The van der Waals surface area contributed by atoms with Crippen molar-refractivity contribution in [3.8, 4) is 0 Å². The van der Waals surface area contributed by atoms with Gasteiger partial charge in [0.15, 0.2) is 0 Å². The monoisotopic (exact) mass is 301 g/mol. The van der Waals surface area contributed by atoms with E-state index in [4.69, 9.17) is 4.74 Å². The van der Waals surface area contributed by atoms with Gasteiger partial charge in [0.2, 0.25) is 0 Å². The lowest BCUT2D eigenvalue weighted by Crippen LogP contribution is -2.38. The Morgan fingerprint density at radius 2 is 1.95 bits per heavy atom. The van der Waals surface area contributed by atoms with E-state index in [1.807, 2.05) is 0 Å². The normalized spacial score (nSPS) is 23.2. The van der Waals surface area contributed by atoms with Gasteiger partial charge in [-0.1, -0.05) is 25.5 Å². The molecule has 1 heterocycles. The van der Waals surface area contributed by atoms with Gasteiger partial charge < -0.3 is 10.1 Å². The van der Waals surface area contributed by atoms with Crippen LogP contribution in [0.5, 0.6) is 0 Å². The van der Waals surface area contributed by atoms with E-state index in [1.165, 1.54) is 0 Å². The first-order chi connectivity index (χ1) is 9.99. The molecule has 1 fully saturated rings. The van der Waals surface area contributed by atoms with Crippen LogP contribution in [-0.2, 0) is 17.5 Å². The van der Waals surface area contributed by atoms with E-state index >= 15 is 0 Å². The number of benzene rings is 1. The van der Waals surface area contributed by atoms with Crippen LogP contribution in [0, 0.1) is 0 Å². The Kier molecular flexibility index (Phi) is 5.65. The van der Waals surface area contributed by atoms with Crippen molar-refractivity contribution in [3.63, 3.8) is 0 Å². The lowest BCUT2D eigenvalue weighted by molar-refractivity contribution is -0.137. The Morgan fingerprint density at radius 1 is 1.24 bits per heavy atom. The molecule has 0 aromatic heterocycles.